The van der Waals surface area contributed by atoms with E-state index in [1.807, 2.05) is 42.5 Å². The average molecular weight is 544 g/mol. The van der Waals surface area contributed by atoms with Gasteiger partial charge < -0.3 is 9.67 Å². The number of hydrogen-bond acceptors (Lipinski definition) is 5. The van der Waals surface area contributed by atoms with Crippen molar-refractivity contribution in [3.05, 3.63) is 66.4 Å². The second-order valence-electron chi connectivity index (χ2n) is 7.53. The van der Waals surface area contributed by atoms with Crippen LogP contribution in [0.15, 0.2) is 29.4 Å². The summed E-state index contributed by atoms with van der Waals surface area (Å²) in [5, 5.41) is 24.7. The van der Waals surface area contributed by atoms with E-state index in [0.29, 0.717) is 9.13 Å². The van der Waals surface area contributed by atoms with Gasteiger partial charge in [-0.15, -0.1) is 11.3 Å². The molecule has 0 bridgehead atoms. The molecule has 4 rings (SSSR count). The fourth-order valence-electron chi connectivity index (χ4n) is 3.93. The maximum Gasteiger partial charge on any atom is 0.271 e. The first-order chi connectivity index (χ1) is 14.9. The van der Waals surface area contributed by atoms with Crippen molar-refractivity contribution < 1.29 is 9.90 Å². The Morgan fingerprint density at radius 1 is 1.32 bits per heavy atom. The van der Waals surface area contributed by atoms with Crippen LogP contribution in [0.5, 0.6) is 5.75 Å². The van der Waals surface area contributed by atoms with Crippen molar-refractivity contribution in [3.63, 3.8) is 0 Å². The molecule has 0 aliphatic heterocycles. The number of nitrogens with one attached hydrogen (secondary N) is 1. The number of carbonyl (C=O) groups is 1. The summed E-state index contributed by atoms with van der Waals surface area (Å²) < 4.78 is 2.79. The van der Waals surface area contributed by atoms with Crippen molar-refractivity contribution in [2.45, 2.75) is 39.5 Å². The number of benzene rings is 1. The first-order valence-corrected chi connectivity index (χ1v) is 11.9. The van der Waals surface area contributed by atoms with E-state index < -0.39 is 5.91 Å². The van der Waals surface area contributed by atoms with E-state index in [9.17, 15) is 15.2 Å². The molecule has 1 aromatic carbocycles. The number of thiophene rings is 1. The number of rotatable bonds is 4. The lowest BCUT2D eigenvalue weighted by Gasteiger charge is -2.10. The summed E-state index contributed by atoms with van der Waals surface area (Å²) in [6.45, 7) is 4.00. The molecule has 8 heteroatoms. The third kappa shape index (κ3) is 4.12. The molecule has 6 nitrogen and oxygen atoms in total. The second kappa shape index (κ2) is 8.85. The largest absolute Gasteiger partial charge is 0.507 e. The summed E-state index contributed by atoms with van der Waals surface area (Å²) in [4.78, 5) is 13.6. The Bertz CT molecular complexity index is 1250. The highest BCUT2D eigenvalue weighted by Crippen LogP contribution is 2.38. The topological polar surface area (TPSA) is 90.4 Å². The number of halogens is 1. The lowest BCUT2D eigenvalue weighted by molar-refractivity contribution is 0.0954. The summed E-state index contributed by atoms with van der Waals surface area (Å²) in [6, 6.07) is 9.16. The second-order valence-corrected chi connectivity index (χ2v) is 9.78. The molecule has 0 spiro atoms. The Labute approximate surface area is 198 Å². The number of aromatic nitrogens is 1. The van der Waals surface area contributed by atoms with Crippen molar-refractivity contribution in [2.24, 2.45) is 5.10 Å². The van der Waals surface area contributed by atoms with Gasteiger partial charge >= 0.3 is 0 Å². The van der Waals surface area contributed by atoms with Crippen molar-refractivity contribution >= 4 is 46.0 Å². The fraction of sp³-hybridized carbons (Fsp3) is 0.261. The number of fused-ring (bicyclic) bond motifs is 1. The number of amides is 1. The molecule has 0 saturated carbocycles. The molecule has 1 amide bonds. The number of nitrogens with zero attached hydrogens (tertiary/aromatic N) is 3. The van der Waals surface area contributed by atoms with E-state index in [0.717, 1.165) is 46.8 Å². The summed E-state index contributed by atoms with van der Waals surface area (Å²) in [6.07, 6.45) is 5.95. The van der Waals surface area contributed by atoms with E-state index in [-0.39, 0.29) is 5.75 Å². The summed E-state index contributed by atoms with van der Waals surface area (Å²) >= 11 is 3.71. The maximum atomic E-state index is 12.3. The Hall–Kier alpha value is -2.64. The molecule has 1 aliphatic rings. The number of aromatic hydroxyl groups is 1. The van der Waals surface area contributed by atoms with Crippen molar-refractivity contribution in [1.82, 2.24) is 9.99 Å². The Kier molecular flexibility index (Phi) is 6.16. The Morgan fingerprint density at radius 2 is 2.10 bits per heavy atom. The highest BCUT2D eigenvalue weighted by atomic mass is 127. The molecular weight excluding hydrogens is 523 g/mol. The van der Waals surface area contributed by atoms with Gasteiger partial charge in [0.15, 0.2) is 0 Å². The van der Waals surface area contributed by atoms with Crippen molar-refractivity contribution in [2.75, 3.05) is 0 Å². The van der Waals surface area contributed by atoms with Gasteiger partial charge in [0, 0.05) is 27.4 Å². The number of phenols is 1. The lowest BCUT2D eigenvalue weighted by atomic mass is 9.96. The van der Waals surface area contributed by atoms with Crippen LogP contribution in [0.3, 0.4) is 0 Å². The minimum Gasteiger partial charge on any atom is -0.507 e. The number of carbonyl (C=O) groups excluding carboxylic acids is 1. The smallest absolute Gasteiger partial charge is 0.271 e. The highest BCUT2D eigenvalue weighted by Gasteiger charge is 2.23. The van der Waals surface area contributed by atoms with Gasteiger partial charge in [0.25, 0.3) is 5.91 Å². The molecule has 0 saturated heterocycles. The first kappa shape index (κ1) is 21.6. The maximum absolute atomic E-state index is 12.3. The lowest BCUT2D eigenvalue weighted by Crippen LogP contribution is -2.17. The van der Waals surface area contributed by atoms with Crippen molar-refractivity contribution in [3.8, 4) is 16.8 Å². The molecule has 0 fully saturated rings. The molecule has 31 heavy (non-hydrogen) atoms. The van der Waals surface area contributed by atoms with Gasteiger partial charge in [-0.25, -0.2) is 5.43 Å². The summed E-state index contributed by atoms with van der Waals surface area (Å²) in [5.74, 6) is -0.331. The molecule has 0 unspecified atom stereocenters. The number of hydrogen-bond donors (Lipinski definition) is 2. The molecule has 2 N–H and O–H groups in total. The monoisotopic (exact) mass is 544 g/mol. The van der Waals surface area contributed by atoms with Gasteiger partial charge in [-0.1, -0.05) is 0 Å². The first-order valence-electron chi connectivity index (χ1n) is 9.96. The van der Waals surface area contributed by atoms with E-state index in [4.69, 9.17) is 0 Å². The standard InChI is InChI=1S/C23H21IN4O2S/c1-13-9-16(12-26-27-22(30)15-7-8-19(24)20(29)10-15)14(2)28(13)23-18(11-25)17-5-3-4-6-21(17)31-23/h7-10,12,29H,3-6H2,1-2H3,(H,27,30)/b26-12+. The molecule has 2 heterocycles. The van der Waals surface area contributed by atoms with Crippen LogP contribution in [-0.2, 0) is 12.8 Å². The highest BCUT2D eigenvalue weighted by molar-refractivity contribution is 14.1. The third-order valence-corrected chi connectivity index (χ3v) is 7.71. The SMILES string of the molecule is Cc1cc(/C=N/NC(=O)c2ccc(I)c(O)c2)c(C)n1-c1sc2c(c1C#N)CCCC2. The molecule has 0 atom stereocenters. The number of phenolic OH excluding ortho intramolecular Hbond substituents is 1. The van der Waals surface area contributed by atoms with Crippen LogP contribution < -0.4 is 5.43 Å². The van der Waals surface area contributed by atoms with Gasteiger partial charge in [0.2, 0.25) is 0 Å². The molecule has 1 aliphatic carbocycles. The minimum absolute atomic E-state index is 0.0627. The Morgan fingerprint density at radius 3 is 2.84 bits per heavy atom. The van der Waals surface area contributed by atoms with Crippen molar-refractivity contribution in [1.29, 1.82) is 5.26 Å². The Balaban J connectivity index is 1.59. The molecule has 0 radical (unpaired) electrons. The molecule has 158 valence electrons. The zero-order valence-electron chi connectivity index (χ0n) is 17.2. The fourth-order valence-corrected chi connectivity index (χ4v) is 5.72. The van der Waals surface area contributed by atoms with Gasteiger partial charge in [0.05, 0.1) is 15.3 Å². The van der Waals surface area contributed by atoms with Crippen LogP contribution in [0.4, 0.5) is 0 Å². The minimum atomic E-state index is -0.394. The van der Waals surface area contributed by atoms with Crippen LogP contribution in [-0.4, -0.2) is 21.8 Å². The van der Waals surface area contributed by atoms with Gasteiger partial charge in [0.1, 0.15) is 16.8 Å². The van der Waals surface area contributed by atoms with E-state index in [2.05, 4.69) is 21.2 Å². The zero-order chi connectivity index (χ0) is 22.1. The number of hydrazone groups is 1. The molecular formula is C23H21IN4O2S. The van der Waals surface area contributed by atoms with Gasteiger partial charge in [-0.2, -0.15) is 10.4 Å². The van der Waals surface area contributed by atoms with Crippen LogP contribution in [0.1, 0.15) is 56.2 Å². The number of aryl methyl sites for hydroxylation is 2. The van der Waals surface area contributed by atoms with Crippen LogP contribution in [0.2, 0.25) is 0 Å². The normalized spacial score (nSPS) is 13.2. The van der Waals surface area contributed by atoms with Crippen LogP contribution in [0, 0.1) is 28.7 Å². The van der Waals surface area contributed by atoms with Gasteiger partial charge in [-0.05, 0) is 92.0 Å². The van der Waals surface area contributed by atoms with E-state index in [1.54, 1.807) is 29.7 Å². The third-order valence-electron chi connectivity index (χ3n) is 5.52. The van der Waals surface area contributed by atoms with E-state index in [1.165, 1.54) is 22.9 Å². The van der Waals surface area contributed by atoms with Crippen LogP contribution in [0.25, 0.3) is 5.00 Å². The average Bonchev–Trinajstić information content (AvgIpc) is 3.25. The van der Waals surface area contributed by atoms with Gasteiger partial charge in [-0.3, -0.25) is 4.79 Å². The predicted octanol–water partition coefficient (Wildman–Crippen LogP) is 4.98. The van der Waals surface area contributed by atoms with Crippen LogP contribution >= 0.6 is 33.9 Å². The molecule has 2 aromatic heterocycles. The quantitative estimate of drug-likeness (QED) is 0.276. The van der Waals surface area contributed by atoms with E-state index >= 15 is 0 Å². The number of nitriles is 1. The summed E-state index contributed by atoms with van der Waals surface area (Å²) in [7, 11) is 0. The zero-order valence-corrected chi connectivity index (χ0v) is 20.2. The summed E-state index contributed by atoms with van der Waals surface area (Å²) in [5.41, 5.74) is 7.71. The predicted molar refractivity (Wildman–Crippen MR) is 130 cm³/mol. The molecule has 3 aromatic rings.